The first-order chi connectivity index (χ1) is 8.94. The zero-order valence-corrected chi connectivity index (χ0v) is 11.8. The average molecular weight is 262 g/mol. The molecule has 2 unspecified atom stereocenters. The van der Waals surface area contributed by atoms with Gasteiger partial charge in [-0.2, -0.15) is 0 Å². The first-order valence-electron chi connectivity index (χ1n) is 7.71. The molecule has 5 aliphatic rings. The van der Waals surface area contributed by atoms with Gasteiger partial charge in [-0.25, -0.2) is 0 Å². The number of rotatable bonds is 1. The van der Waals surface area contributed by atoms with Gasteiger partial charge in [0.15, 0.2) is 0 Å². The normalized spacial score (nSPS) is 55.7. The number of hydrogen-bond acceptors (Lipinski definition) is 3. The van der Waals surface area contributed by atoms with Crippen molar-refractivity contribution in [2.45, 2.75) is 52.4 Å². The van der Waals surface area contributed by atoms with Crippen molar-refractivity contribution in [1.29, 1.82) is 0 Å². The summed E-state index contributed by atoms with van der Waals surface area (Å²) < 4.78 is 5.00. The molecule has 0 aromatic rings. The molecule has 19 heavy (non-hydrogen) atoms. The molecular weight excluding hydrogens is 240 g/mol. The predicted octanol–water partition coefficient (Wildman–Crippen LogP) is 2.93. The van der Waals surface area contributed by atoms with Crippen LogP contribution < -0.4 is 0 Å². The van der Waals surface area contributed by atoms with Crippen molar-refractivity contribution < 1.29 is 14.3 Å². The summed E-state index contributed by atoms with van der Waals surface area (Å²) in [5.41, 5.74) is -0.523. The number of ether oxygens (including phenoxy) is 1. The van der Waals surface area contributed by atoms with Crippen molar-refractivity contribution in [3.05, 3.63) is 0 Å². The molecule has 1 aliphatic heterocycles. The van der Waals surface area contributed by atoms with E-state index < -0.39 is 5.41 Å². The number of hydrogen-bond donors (Lipinski definition) is 0. The summed E-state index contributed by atoms with van der Waals surface area (Å²) in [5.74, 6) is 1.56. The fourth-order valence-corrected chi connectivity index (χ4v) is 6.12. The van der Waals surface area contributed by atoms with E-state index in [1.165, 1.54) is 19.3 Å². The second-order valence-electron chi connectivity index (χ2n) is 7.83. The summed E-state index contributed by atoms with van der Waals surface area (Å²) in [6.45, 7) is 3.91. The summed E-state index contributed by atoms with van der Waals surface area (Å²) in [7, 11) is 0. The first-order valence-corrected chi connectivity index (χ1v) is 7.71. The van der Waals surface area contributed by atoms with Gasteiger partial charge in [0.25, 0.3) is 0 Å². The number of carbonyl (C=O) groups is 2. The minimum absolute atomic E-state index is 0.0460. The molecule has 1 heterocycles. The molecular formula is C16H22O3. The lowest BCUT2D eigenvalue weighted by Gasteiger charge is -2.61. The molecule has 4 saturated carbocycles. The van der Waals surface area contributed by atoms with Gasteiger partial charge in [0.1, 0.15) is 0 Å². The quantitative estimate of drug-likeness (QED) is 0.539. The highest BCUT2D eigenvalue weighted by molar-refractivity contribution is 5.99. The van der Waals surface area contributed by atoms with Crippen LogP contribution in [0.1, 0.15) is 52.4 Å². The Morgan fingerprint density at radius 2 is 1.47 bits per heavy atom. The van der Waals surface area contributed by atoms with E-state index in [-0.39, 0.29) is 23.3 Å². The van der Waals surface area contributed by atoms with Crippen LogP contribution in [0.3, 0.4) is 0 Å². The van der Waals surface area contributed by atoms with Crippen LogP contribution in [0.15, 0.2) is 0 Å². The van der Waals surface area contributed by atoms with E-state index in [0.29, 0.717) is 0 Å². The predicted molar refractivity (Wildman–Crippen MR) is 69.0 cm³/mol. The Balaban J connectivity index is 1.79. The van der Waals surface area contributed by atoms with Gasteiger partial charge in [-0.05, 0) is 68.6 Å². The second kappa shape index (κ2) is 3.42. The van der Waals surface area contributed by atoms with E-state index in [0.717, 1.165) is 37.0 Å². The lowest BCUT2D eigenvalue weighted by molar-refractivity contribution is -0.171. The average Bonchev–Trinajstić information content (AvgIpc) is 2.53. The van der Waals surface area contributed by atoms with Gasteiger partial charge in [-0.1, -0.05) is 6.92 Å². The summed E-state index contributed by atoms with van der Waals surface area (Å²) in [4.78, 5) is 24.2. The maximum Gasteiger partial charge on any atom is 0.320 e. The van der Waals surface area contributed by atoms with E-state index >= 15 is 0 Å². The summed E-state index contributed by atoms with van der Waals surface area (Å²) >= 11 is 0. The minimum Gasteiger partial charge on any atom is -0.392 e. The molecule has 0 aromatic heterocycles. The number of carbonyl (C=O) groups excluding carboxylic acids is 2. The van der Waals surface area contributed by atoms with Crippen LogP contribution in [-0.4, -0.2) is 11.9 Å². The van der Waals surface area contributed by atoms with Crippen LogP contribution in [0.2, 0.25) is 0 Å². The first kappa shape index (κ1) is 11.9. The third kappa shape index (κ3) is 1.29. The molecule has 2 atom stereocenters. The molecule has 0 radical (unpaired) electrons. The summed E-state index contributed by atoms with van der Waals surface area (Å²) in [6, 6.07) is 0. The number of esters is 2. The monoisotopic (exact) mass is 262 g/mol. The highest BCUT2D eigenvalue weighted by Gasteiger charge is 2.67. The van der Waals surface area contributed by atoms with Crippen LogP contribution >= 0.6 is 0 Å². The van der Waals surface area contributed by atoms with E-state index in [9.17, 15) is 9.59 Å². The largest absolute Gasteiger partial charge is 0.392 e. The molecule has 0 amide bonds. The van der Waals surface area contributed by atoms with Crippen LogP contribution in [0.4, 0.5) is 0 Å². The smallest absolute Gasteiger partial charge is 0.320 e. The molecule has 1 saturated heterocycles. The van der Waals surface area contributed by atoms with Crippen molar-refractivity contribution in [3.63, 3.8) is 0 Å². The standard InChI is InChI=1S/C16H22O3/c1-9-13(17)19-14(18)15(9,2)16-6-10-3-11(7-16)5-12(4-10)8-16/h9-12H,3-8H2,1-2H3. The molecule has 0 N–H and O–H groups in total. The van der Waals surface area contributed by atoms with Gasteiger partial charge in [-0.15, -0.1) is 0 Å². The maximum absolute atomic E-state index is 12.4. The summed E-state index contributed by atoms with van der Waals surface area (Å²) in [5, 5.41) is 0. The maximum atomic E-state index is 12.4. The highest BCUT2D eigenvalue weighted by Crippen LogP contribution is 2.68. The lowest BCUT2D eigenvalue weighted by atomic mass is 9.41. The molecule has 3 nitrogen and oxygen atoms in total. The highest BCUT2D eigenvalue weighted by atomic mass is 16.6. The van der Waals surface area contributed by atoms with Crippen molar-refractivity contribution in [3.8, 4) is 0 Å². The van der Waals surface area contributed by atoms with Crippen molar-refractivity contribution in [2.75, 3.05) is 0 Å². The van der Waals surface area contributed by atoms with Gasteiger partial charge in [0.05, 0.1) is 11.3 Å². The van der Waals surface area contributed by atoms with Crippen LogP contribution in [0.25, 0.3) is 0 Å². The third-order valence-corrected chi connectivity index (χ3v) is 6.98. The zero-order valence-electron chi connectivity index (χ0n) is 11.8. The SMILES string of the molecule is CC1C(=O)OC(=O)C1(C)C12CC3CC(CC(C3)C1)C2. The Labute approximate surface area is 114 Å². The van der Waals surface area contributed by atoms with Gasteiger partial charge < -0.3 is 4.74 Å². The molecule has 0 aromatic carbocycles. The van der Waals surface area contributed by atoms with E-state index in [1.807, 2.05) is 13.8 Å². The second-order valence-corrected chi connectivity index (χ2v) is 7.83. The fourth-order valence-electron chi connectivity index (χ4n) is 6.12. The molecule has 104 valence electrons. The number of cyclic esters (lactones) is 2. The van der Waals surface area contributed by atoms with E-state index in [1.54, 1.807) is 0 Å². The molecule has 3 heteroatoms. The van der Waals surface area contributed by atoms with Crippen molar-refractivity contribution >= 4 is 11.9 Å². The molecule has 4 bridgehead atoms. The van der Waals surface area contributed by atoms with Gasteiger partial charge in [0, 0.05) is 0 Å². The fraction of sp³-hybridized carbons (Fsp3) is 0.875. The Bertz CT molecular complexity index is 431. The van der Waals surface area contributed by atoms with Gasteiger partial charge >= 0.3 is 11.9 Å². The van der Waals surface area contributed by atoms with Crippen LogP contribution in [0.5, 0.6) is 0 Å². The van der Waals surface area contributed by atoms with Gasteiger partial charge in [0.2, 0.25) is 0 Å². The third-order valence-electron chi connectivity index (χ3n) is 6.98. The molecule has 0 spiro atoms. The summed E-state index contributed by atoms with van der Waals surface area (Å²) in [6.07, 6.45) is 7.48. The van der Waals surface area contributed by atoms with Crippen molar-refractivity contribution in [1.82, 2.24) is 0 Å². The Hall–Kier alpha value is -0.860. The lowest BCUT2D eigenvalue weighted by Crippen LogP contribution is -2.57. The molecule has 5 fully saturated rings. The van der Waals surface area contributed by atoms with Crippen LogP contribution in [-0.2, 0) is 14.3 Å². The van der Waals surface area contributed by atoms with Gasteiger partial charge in [-0.3, -0.25) is 9.59 Å². The zero-order chi connectivity index (χ0) is 13.4. The molecule has 5 rings (SSSR count). The topological polar surface area (TPSA) is 43.4 Å². The minimum atomic E-state index is -0.569. The van der Waals surface area contributed by atoms with E-state index in [4.69, 9.17) is 4.74 Å². The Morgan fingerprint density at radius 1 is 1.00 bits per heavy atom. The van der Waals surface area contributed by atoms with Crippen molar-refractivity contribution in [2.24, 2.45) is 34.5 Å². The van der Waals surface area contributed by atoms with Crippen LogP contribution in [0, 0.1) is 34.5 Å². The Morgan fingerprint density at radius 3 is 1.84 bits per heavy atom. The molecule has 4 aliphatic carbocycles. The van der Waals surface area contributed by atoms with E-state index in [2.05, 4.69) is 0 Å². The Kier molecular flexibility index (Phi) is 2.15.